The maximum absolute atomic E-state index is 10.8. The molecule has 0 spiro atoms. The van der Waals surface area contributed by atoms with Crippen molar-refractivity contribution < 1.29 is 9.66 Å². The molecule has 1 aromatic carbocycles. The smallest absolute Gasteiger partial charge is 0.272 e. The van der Waals surface area contributed by atoms with Crippen LogP contribution in [0.2, 0.25) is 0 Å². The summed E-state index contributed by atoms with van der Waals surface area (Å²) < 4.78 is 5.48. The predicted octanol–water partition coefficient (Wildman–Crippen LogP) is 2.28. The van der Waals surface area contributed by atoms with Crippen molar-refractivity contribution in [1.82, 2.24) is 0 Å². The maximum Gasteiger partial charge on any atom is 0.272 e. The molecule has 18 heavy (non-hydrogen) atoms. The van der Waals surface area contributed by atoms with Gasteiger partial charge in [-0.3, -0.25) is 10.1 Å². The van der Waals surface area contributed by atoms with Gasteiger partial charge in [0, 0.05) is 23.6 Å². The van der Waals surface area contributed by atoms with Crippen LogP contribution in [-0.4, -0.2) is 23.7 Å². The summed E-state index contributed by atoms with van der Waals surface area (Å²) in [6.07, 6.45) is 1.36. The van der Waals surface area contributed by atoms with Gasteiger partial charge >= 0.3 is 0 Å². The molecule has 0 saturated heterocycles. The summed E-state index contributed by atoms with van der Waals surface area (Å²) >= 11 is 0. The molecule has 2 N–H and O–H groups in total. The molecule has 0 aliphatic rings. The largest absolute Gasteiger partial charge is 0.379 e. The maximum atomic E-state index is 10.8. The van der Waals surface area contributed by atoms with Crippen molar-refractivity contribution >= 4 is 5.69 Å². The Balaban J connectivity index is 2.47. The highest BCUT2D eigenvalue weighted by Crippen LogP contribution is 2.18. The van der Waals surface area contributed by atoms with Crippen molar-refractivity contribution in [3.8, 4) is 0 Å². The molecular weight excluding hydrogens is 232 g/mol. The minimum atomic E-state index is -0.367. The van der Waals surface area contributed by atoms with E-state index < -0.39 is 0 Å². The van der Waals surface area contributed by atoms with E-state index in [4.69, 9.17) is 10.5 Å². The summed E-state index contributed by atoms with van der Waals surface area (Å²) in [5, 5.41) is 10.8. The van der Waals surface area contributed by atoms with Gasteiger partial charge in [-0.1, -0.05) is 25.1 Å². The van der Waals surface area contributed by atoms with E-state index in [1.165, 1.54) is 6.07 Å². The Morgan fingerprint density at radius 1 is 1.44 bits per heavy atom. The third-order valence-corrected chi connectivity index (χ3v) is 2.94. The first kappa shape index (κ1) is 14.6. The first-order chi connectivity index (χ1) is 8.46. The fourth-order valence-corrected chi connectivity index (χ4v) is 1.49. The lowest BCUT2D eigenvalue weighted by molar-refractivity contribution is -0.385. The van der Waals surface area contributed by atoms with Crippen LogP contribution in [0, 0.1) is 10.1 Å². The number of ether oxygens (including phenoxy) is 1. The number of nitro groups is 1. The lowest BCUT2D eigenvalue weighted by Gasteiger charge is -2.22. The molecule has 0 heterocycles. The van der Waals surface area contributed by atoms with E-state index in [9.17, 15) is 10.1 Å². The Hall–Kier alpha value is -1.46. The van der Waals surface area contributed by atoms with Crippen LogP contribution in [0.1, 0.15) is 25.8 Å². The highest BCUT2D eigenvalue weighted by molar-refractivity contribution is 5.39. The van der Waals surface area contributed by atoms with Crippen LogP contribution in [0.25, 0.3) is 0 Å². The monoisotopic (exact) mass is 252 g/mol. The fourth-order valence-electron chi connectivity index (χ4n) is 1.49. The highest BCUT2D eigenvalue weighted by atomic mass is 16.6. The van der Waals surface area contributed by atoms with Gasteiger partial charge in [-0.15, -0.1) is 0 Å². The molecule has 0 aromatic heterocycles. The minimum Gasteiger partial charge on any atom is -0.379 e. The molecule has 0 amide bonds. The van der Waals surface area contributed by atoms with Crippen molar-refractivity contribution in [2.24, 2.45) is 5.73 Å². The number of rotatable bonds is 7. The lowest BCUT2D eigenvalue weighted by Crippen LogP contribution is -2.40. The molecule has 1 aromatic rings. The second-order valence-electron chi connectivity index (χ2n) is 4.70. The van der Waals surface area contributed by atoms with Crippen LogP contribution >= 0.6 is 0 Å². The SMILES string of the molecule is CCC(C)(N)COCCc1ccccc1[N+](=O)[O-]. The molecule has 0 radical (unpaired) electrons. The Morgan fingerprint density at radius 3 is 2.72 bits per heavy atom. The van der Waals surface area contributed by atoms with Crippen LogP contribution in [0.3, 0.4) is 0 Å². The molecule has 0 aliphatic carbocycles. The van der Waals surface area contributed by atoms with Crippen LogP contribution in [-0.2, 0) is 11.2 Å². The van der Waals surface area contributed by atoms with Gasteiger partial charge in [-0.05, 0) is 13.3 Å². The lowest BCUT2D eigenvalue weighted by atomic mass is 10.0. The zero-order valence-corrected chi connectivity index (χ0v) is 10.9. The number of hydrogen-bond donors (Lipinski definition) is 1. The summed E-state index contributed by atoms with van der Waals surface area (Å²) in [6, 6.07) is 6.72. The predicted molar refractivity (Wildman–Crippen MR) is 70.5 cm³/mol. The standard InChI is InChI=1S/C13H20N2O3/c1-3-13(2,14)10-18-9-8-11-6-4-5-7-12(11)15(16)17/h4-7H,3,8-10,14H2,1-2H3. The average molecular weight is 252 g/mol. The normalized spacial score (nSPS) is 14.2. The first-order valence-corrected chi connectivity index (χ1v) is 6.05. The second-order valence-corrected chi connectivity index (χ2v) is 4.70. The second kappa shape index (κ2) is 6.47. The van der Waals surface area contributed by atoms with Gasteiger partial charge in [-0.25, -0.2) is 0 Å². The van der Waals surface area contributed by atoms with Gasteiger partial charge in [0.25, 0.3) is 5.69 Å². The third kappa shape index (κ3) is 4.43. The Kier molecular flexibility index (Phi) is 5.25. The van der Waals surface area contributed by atoms with E-state index in [-0.39, 0.29) is 16.1 Å². The van der Waals surface area contributed by atoms with E-state index in [1.54, 1.807) is 18.2 Å². The van der Waals surface area contributed by atoms with Gasteiger partial charge in [0.1, 0.15) is 0 Å². The number of para-hydroxylation sites is 1. The van der Waals surface area contributed by atoms with E-state index in [0.29, 0.717) is 25.2 Å². The number of benzene rings is 1. The molecule has 100 valence electrons. The number of nitrogens with zero attached hydrogens (tertiary/aromatic N) is 1. The molecule has 1 unspecified atom stereocenters. The fraction of sp³-hybridized carbons (Fsp3) is 0.538. The minimum absolute atomic E-state index is 0.145. The molecule has 5 nitrogen and oxygen atoms in total. The zero-order valence-electron chi connectivity index (χ0n) is 10.9. The molecule has 1 atom stereocenters. The van der Waals surface area contributed by atoms with Gasteiger partial charge in [0.2, 0.25) is 0 Å². The molecular formula is C13H20N2O3. The molecule has 0 saturated carbocycles. The van der Waals surface area contributed by atoms with Crippen molar-refractivity contribution in [3.05, 3.63) is 39.9 Å². The summed E-state index contributed by atoms with van der Waals surface area (Å²) in [5.74, 6) is 0. The van der Waals surface area contributed by atoms with Crippen LogP contribution < -0.4 is 5.73 Å². The van der Waals surface area contributed by atoms with Gasteiger partial charge in [0.15, 0.2) is 0 Å². The zero-order chi connectivity index (χ0) is 13.6. The first-order valence-electron chi connectivity index (χ1n) is 6.05. The highest BCUT2D eigenvalue weighted by Gasteiger charge is 2.16. The molecule has 0 fully saturated rings. The number of nitro benzene ring substituents is 1. The third-order valence-electron chi connectivity index (χ3n) is 2.94. The van der Waals surface area contributed by atoms with Crippen molar-refractivity contribution in [2.45, 2.75) is 32.2 Å². The van der Waals surface area contributed by atoms with Crippen LogP contribution in [0.5, 0.6) is 0 Å². The van der Waals surface area contributed by atoms with Crippen molar-refractivity contribution in [3.63, 3.8) is 0 Å². The summed E-state index contributed by atoms with van der Waals surface area (Å²) in [4.78, 5) is 10.4. The van der Waals surface area contributed by atoms with E-state index in [1.807, 2.05) is 13.8 Å². The average Bonchev–Trinajstić information content (AvgIpc) is 2.35. The van der Waals surface area contributed by atoms with Gasteiger partial charge in [-0.2, -0.15) is 0 Å². The number of nitrogens with two attached hydrogens (primary N) is 1. The summed E-state index contributed by atoms with van der Waals surface area (Å²) in [7, 11) is 0. The van der Waals surface area contributed by atoms with Crippen molar-refractivity contribution in [1.29, 1.82) is 0 Å². The van der Waals surface area contributed by atoms with E-state index in [0.717, 1.165) is 6.42 Å². The molecule has 1 rings (SSSR count). The van der Waals surface area contributed by atoms with E-state index >= 15 is 0 Å². The molecule has 0 aliphatic heterocycles. The quantitative estimate of drug-likeness (QED) is 0.458. The number of hydrogen-bond acceptors (Lipinski definition) is 4. The van der Waals surface area contributed by atoms with Crippen LogP contribution in [0.15, 0.2) is 24.3 Å². The molecule has 5 heteroatoms. The Bertz CT molecular complexity index is 405. The van der Waals surface area contributed by atoms with Gasteiger partial charge in [0.05, 0.1) is 18.1 Å². The Labute approximate surface area is 107 Å². The Morgan fingerprint density at radius 2 is 2.11 bits per heavy atom. The summed E-state index contributed by atoms with van der Waals surface area (Å²) in [5.41, 5.74) is 6.45. The molecule has 0 bridgehead atoms. The van der Waals surface area contributed by atoms with E-state index in [2.05, 4.69) is 0 Å². The van der Waals surface area contributed by atoms with Crippen LogP contribution in [0.4, 0.5) is 5.69 Å². The van der Waals surface area contributed by atoms with Gasteiger partial charge < -0.3 is 10.5 Å². The van der Waals surface area contributed by atoms with Crippen molar-refractivity contribution in [2.75, 3.05) is 13.2 Å². The topological polar surface area (TPSA) is 78.4 Å². The summed E-state index contributed by atoms with van der Waals surface area (Å²) in [6.45, 7) is 4.84.